The molecule has 0 saturated heterocycles. The summed E-state index contributed by atoms with van der Waals surface area (Å²) in [5.74, 6) is 8.25. The van der Waals surface area contributed by atoms with E-state index in [1.165, 1.54) is 71.3 Å². The van der Waals surface area contributed by atoms with Crippen molar-refractivity contribution >= 4 is 68.6 Å². The lowest BCUT2D eigenvalue weighted by molar-refractivity contribution is 0.461. The predicted octanol–water partition coefficient (Wildman–Crippen LogP) is 8.73. The van der Waals surface area contributed by atoms with Crippen LogP contribution in [0.2, 0.25) is 0 Å². The molecule has 0 atom stereocenters. The van der Waals surface area contributed by atoms with Gasteiger partial charge in [-0.05, 0) is 109 Å². The molecular formula is C26H38O2S6. The van der Waals surface area contributed by atoms with Crippen LogP contribution < -0.4 is 0 Å². The molecule has 0 aliphatic rings. The third-order valence-corrected chi connectivity index (χ3v) is 11.5. The lowest BCUT2D eigenvalue weighted by Gasteiger charge is -2.06. The summed E-state index contributed by atoms with van der Waals surface area (Å²) in [7, 11) is 4.07. The third kappa shape index (κ3) is 12.9. The molecule has 34 heavy (non-hydrogen) atoms. The SMILES string of the molecule is CSc1cc(CCCSCCCSSCCCSCCCc2ccc(O)c(SC)c2)ccc1O. The van der Waals surface area contributed by atoms with E-state index in [4.69, 9.17) is 0 Å². The summed E-state index contributed by atoms with van der Waals surface area (Å²) >= 11 is 7.36. The van der Waals surface area contributed by atoms with E-state index in [-0.39, 0.29) is 0 Å². The second kappa shape index (κ2) is 19.3. The van der Waals surface area contributed by atoms with Gasteiger partial charge in [-0.3, -0.25) is 0 Å². The van der Waals surface area contributed by atoms with Gasteiger partial charge < -0.3 is 10.2 Å². The molecule has 0 aliphatic heterocycles. The van der Waals surface area contributed by atoms with E-state index in [9.17, 15) is 10.2 Å². The normalized spacial score (nSPS) is 11.2. The number of thioether (sulfide) groups is 4. The van der Waals surface area contributed by atoms with Gasteiger partial charge in [-0.25, -0.2) is 0 Å². The number of rotatable bonds is 19. The molecule has 2 rings (SSSR count). The minimum atomic E-state index is 0.395. The molecule has 0 amide bonds. The van der Waals surface area contributed by atoms with Crippen molar-refractivity contribution in [2.45, 2.75) is 48.3 Å². The topological polar surface area (TPSA) is 40.5 Å². The highest BCUT2D eigenvalue weighted by Crippen LogP contribution is 2.29. The van der Waals surface area contributed by atoms with Crippen molar-refractivity contribution in [3.05, 3.63) is 47.5 Å². The lowest BCUT2D eigenvalue weighted by Crippen LogP contribution is -1.91. The first-order chi connectivity index (χ1) is 16.6. The second-order valence-electron chi connectivity index (χ2n) is 7.80. The maximum Gasteiger partial charge on any atom is 0.129 e. The third-order valence-electron chi connectivity index (χ3n) is 5.11. The highest BCUT2D eigenvalue weighted by molar-refractivity contribution is 8.76. The van der Waals surface area contributed by atoms with Crippen molar-refractivity contribution in [3.63, 3.8) is 0 Å². The summed E-state index contributed by atoms with van der Waals surface area (Å²) in [6, 6.07) is 12.0. The van der Waals surface area contributed by atoms with E-state index in [2.05, 4.69) is 35.7 Å². The number of hydrogen-bond donors (Lipinski definition) is 2. The maximum absolute atomic E-state index is 9.76. The lowest BCUT2D eigenvalue weighted by atomic mass is 10.1. The highest BCUT2D eigenvalue weighted by atomic mass is 33.1. The van der Waals surface area contributed by atoms with E-state index >= 15 is 0 Å². The Morgan fingerprint density at radius 2 is 0.971 bits per heavy atom. The standard InChI is InChI=1S/C26H38O2S6/c1-29-25-19-21(9-11-23(25)27)7-3-13-31-15-5-17-33-34-18-6-16-32-14-4-8-22-10-12-24(28)26(20-22)30-2/h9-12,19-20,27-28H,3-8,13-18H2,1-2H3. The van der Waals surface area contributed by atoms with E-state index in [1.807, 2.05) is 58.4 Å². The molecule has 0 saturated carbocycles. The molecule has 190 valence electrons. The van der Waals surface area contributed by atoms with Crippen molar-refractivity contribution in [3.8, 4) is 11.5 Å². The molecule has 2 N–H and O–H groups in total. The first-order valence-electron chi connectivity index (χ1n) is 11.8. The zero-order chi connectivity index (χ0) is 24.4. The van der Waals surface area contributed by atoms with Crippen molar-refractivity contribution < 1.29 is 10.2 Å². The molecule has 0 spiro atoms. The van der Waals surface area contributed by atoms with Crippen LogP contribution in [0.25, 0.3) is 0 Å². The molecule has 0 aliphatic carbocycles. The minimum Gasteiger partial charge on any atom is -0.507 e. The predicted molar refractivity (Wildman–Crippen MR) is 165 cm³/mol. The van der Waals surface area contributed by atoms with Crippen LogP contribution in [0, 0.1) is 0 Å². The number of benzene rings is 2. The fraction of sp³-hybridized carbons (Fsp3) is 0.538. The van der Waals surface area contributed by atoms with Gasteiger partial charge in [-0.2, -0.15) is 23.5 Å². The quantitative estimate of drug-likeness (QED) is 0.0980. The molecule has 8 heteroatoms. The Morgan fingerprint density at radius 3 is 1.38 bits per heavy atom. The van der Waals surface area contributed by atoms with Crippen LogP contribution in [0.5, 0.6) is 11.5 Å². The Balaban J connectivity index is 1.33. The zero-order valence-electron chi connectivity index (χ0n) is 20.3. The zero-order valence-corrected chi connectivity index (χ0v) is 25.2. The van der Waals surface area contributed by atoms with Crippen LogP contribution >= 0.6 is 68.6 Å². The van der Waals surface area contributed by atoms with E-state index in [0.717, 1.165) is 22.6 Å². The Hall–Kier alpha value is 0.140. The molecule has 0 unspecified atom stereocenters. The number of hydrogen-bond acceptors (Lipinski definition) is 8. The molecule has 0 heterocycles. The van der Waals surface area contributed by atoms with Gasteiger partial charge in [-0.15, -0.1) is 23.5 Å². The van der Waals surface area contributed by atoms with E-state index in [1.54, 1.807) is 23.5 Å². The average molecular weight is 575 g/mol. The van der Waals surface area contributed by atoms with Gasteiger partial charge in [0.1, 0.15) is 11.5 Å². The smallest absolute Gasteiger partial charge is 0.129 e. The van der Waals surface area contributed by atoms with Gasteiger partial charge in [0.15, 0.2) is 0 Å². The molecular weight excluding hydrogens is 537 g/mol. The molecule has 2 nitrogen and oxygen atoms in total. The molecule has 0 bridgehead atoms. The highest BCUT2D eigenvalue weighted by Gasteiger charge is 2.03. The van der Waals surface area contributed by atoms with Crippen molar-refractivity contribution in [1.29, 1.82) is 0 Å². The number of aryl methyl sites for hydroxylation is 2. The van der Waals surface area contributed by atoms with Crippen LogP contribution in [-0.2, 0) is 12.8 Å². The summed E-state index contributed by atoms with van der Waals surface area (Å²) in [6.07, 6.45) is 11.2. The van der Waals surface area contributed by atoms with Crippen LogP contribution in [0.4, 0.5) is 0 Å². The van der Waals surface area contributed by atoms with Gasteiger partial charge in [0.2, 0.25) is 0 Å². The van der Waals surface area contributed by atoms with Crippen LogP contribution in [0.1, 0.15) is 36.8 Å². The molecule has 2 aromatic rings. The van der Waals surface area contributed by atoms with Gasteiger partial charge in [0.25, 0.3) is 0 Å². The van der Waals surface area contributed by atoms with Gasteiger partial charge in [0, 0.05) is 21.3 Å². The molecule has 0 fully saturated rings. The second-order valence-corrected chi connectivity index (χ2v) is 14.6. The van der Waals surface area contributed by atoms with Crippen molar-refractivity contribution in [1.82, 2.24) is 0 Å². The van der Waals surface area contributed by atoms with Crippen molar-refractivity contribution in [2.24, 2.45) is 0 Å². The Morgan fingerprint density at radius 1 is 0.559 bits per heavy atom. The van der Waals surface area contributed by atoms with Gasteiger partial charge in [0.05, 0.1) is 0 Å². The summed E-state index contributed by atoms with van der Waals surface area (Å²) in [5.41, 5.74) is 2.66. The average Bonchev–Trinajstić information content (AvgIpc) is 2.85. The fourth-order valence-corrected chi connectivity index (χ4v) is 8.71. The Labute approximate surface area is 231 Å². The maximum atomic E-state index is 9.76. The molecule has 2 aromatic carbocycles. The number of phenols is 2. The Bertz CT molecular complexity index is 750. The van der Waals surface area contributed by atoms with Crippen molar-refractivity contribution in [2.75, 3.05) is 47.0 Å². The first-order valence-corrected chi connectivity index (χ1v) is 19.0. The Kier molecular flexibility index (Phi) is 17.2. The summed E-state index contributed by atoms with van der Waals surface area (Å²) < 4.78 is 0. The largest absolute Gasteiger partial charge is 0.507 e. The van der Waals surface area contributed by atoms with Gasteiger partial charge in [-0.1, -0.05) is 33.7 Å². The fourth-order valence-electron chi connectivity index (χ4n) is 3.27. The summed E-state index contributed by atoms with van der Waals surface area (Å²) in [6.45, 7) is 0. The van der Waals surface area contributed by atoms with Crippen LogP contribution in [-0.4, -0.2) is 57.2 Å². The number of aromatic hydroxyl groups is 2. The van der Waals surface area contributed by atoms with Crippen LogP contribution in [0.3, 0.4) is 0 Å². The summed E-state index contributed by atoms with van der Waals surface area (Å²) in [5, 5.41) is 19.5. The molecule has 0 radical (unpaired) electrons. The number of phenolic OH excluding ortho intramolecular Hbond substituents is 2. The van der Waals surface area contributed by atoms with Crippen LogP contribution in [0.15, 0.2) is 46.2 Å². The monoisotopic (exact) mass is 574 g/mol. The minimum absolute atomic E-state index is 0.395. The molecule has 0 aromatic heterocycles. The van der Waals surface area contributed by atoms with E-state index < -0.39 is 0 Å². The van der Waals surface area contributed by atoms with E-state index in [0.29, 0.717) is 11.5 Å². The summed E-state index contributed by atoms with van der Waals surface area (Å²) in [4.78, 5) is 1.96. The first kappa shape index (κ1) is 30.4. The van der Waals surface area contributed by atoms with Gasteiger partial charge >= 0.3 is 0 Å².